The van der Waals surface area contributed by atoms with E-state index in [4.69, 9.17) is 11.6 Å². The molecule has 3 aromatic carbocycles. The summed E-state index contributed by atoms with van der Waals surface area (Å²) < 4.78 is 0. The molecule has 0 bridgehead atoms. The van der Waals surface area contributed by atoms with Gasteiger partial charge in [-0.25, -0.2) is 0 Å². The van der Waals surface area contributed by atoms with Gasteiger partial charge in [-0.05, 0) is 64.7 Å². The van der Waals surface area contributed by atoms with Crippen molar-refractivity contribution >= 4 is 28.2 Å². The summed E-state index contributed by atoms with van der Waals surface area (Å²) in [5.41, 5.74) is 7.50. The number of hydrogen-bond acceptors (Lipinski definition) is 3. The minimum absolute atomic E-state index is 0.0413. The number of fused-ring (bicyclic) bond motifs is 1. The first-order valence-electron chi connectivity index (χ1n) is 12.4. The maximum absolute atomic E-state index is 13.0. The highest BCUT2D eigenvalue weighted by Gasteiger charge is 2.16. The Bertz CT molecular complexity index is 1410. The smallest absolute Gasteiger partial charge is 0.252 e. The van der Waals surface area contributed by atoms with Crippen LogP contribution in [0.1, 0.15) is 48.6 Å². The molecule has 0 amide bonds. The molecule has 4 rings (SSSR count). The molecule has 0 unspecified atom stereocenters. The summed E-state index contributed by atoms with van der Waals surface area (Å²) in [6.07, 6.45) is 0. The van der Waals surface area contributed by atoms with Gasteiger partial charge in [-0.15, -0.1) is 0 Å². The topological polar surface area (TPSA) is 39.3 Å². The third-order valence-electron chi connectivity index (χ3n) is 6.60. The van der Waals surface area contributed by atoms with Gasteiger partial charge < -0.3 is 9.88 Å². The van der Waals surface area contributed by atoms with Crippen molar-refractivity contribution in [2.45, 2.75) is 52.7 Å². The summed E-state index contributed by atoms with van der Waals surface area (Å²) in [4.78, 5) is 20.4. The first kappa shape index (κ1) is 26.0. The van der Waals surface area contributed by atoms with Gasteiger partial charge in [-0.1, -0.05) is 74.3 Å². The van der Waals surface area contributed by atoms with E-state index in [1.807, 2.05) is 43.3 Å². The Hall–Kier alpha value is -3.08. The normalized spacial score (nSPS) is 11.9. The van der Waals surface area contributed by atoms with Crippen LogP contribution in [-0.4, -0.2) is 24.0 Å². The van der Waals surface area contributed by atoms with Crippen LogP contribution in [0.25, 0.3) is 10.9 Å². The largest absolute Gasteiger partial charge is 0.376 e. The van der Waals surface area contributed by atoms with Gasteiger partial charge in [0.15, 0.2) is 0 Å². The molecule has 0 radical (unpaired) electrons. The van der Waals surface area contributed by atoms with Gasteiger partial charge in [0.2, 0.25) is 0 Å². The summed E-state index contributed by atoms with van der Waals surface area (Å²) >= 11 is 6.58. The Morgan fingerprint density at radius 1 is 0.833 bits per heavy atom. The summed E-state index contributed by atoms with van der Waals surface area (Å²) in [6.45, 7) is 10.7. The van der Waals surface area contributed by atoms with Crippen molar-refractivity contribution in [2.75, 3.05) is 19.0 Å². The van der Waals surface area contributed by atoms with Crippen LogP contribution in [0.5, 0.6) is 0 Å². The van der Waals surface area contributed by atoms with E-state index in [9.17, 15) is 4.79 Å². The van der Waals surface area contributed by atoms with E-state index in [0.717, 1.165) is 39.3 Å². The second kappa shape index (κ2) is 10.5. The van der Waals surface area contributed by atoms with Gasteiger partial charge in [-0.3, -0.25) is 9.69 Å². The molecule has 1 heterocycles. The van der Waals surface area contributed by atoms with Crippen LogP contribution < -0.4 is 10.5 Å². The van der Waals surface area contributed by atoms with Gasteiger partial charge in [0.25, 0.3) is 5.56 Å². The van der Waals surface area contributed by atoms with E-state index >= 15 is 0 Å². The summed E-state index contributed by atoms with van der Waals surface area (Å²) in [7, 11) is 3.98. The molecule has 0 spiro atoms. The van der Waals surface area contributed by atoms with Gasteiger partial charge in [-0.2, -0.15) is 0 Å². The Kier molecular flexibility index (Phi) is 7.58. The summed E-state index contributed by atoms with van der Waals surface area (Å²) in [6, 6.07) is 23.1. The fraction of sp³-hybridized carbons (Fsp3) is 0.323. The van der Waals surface area contributed by atoms with E-state index in [-0.39, 0.29) is 11.0 Å². The highest BCUT2D eigenvalue weighted by molar-refractivity contribution is 6.33. The first-order chi connectivity index (χ1) is 17.0. The number of halogens is 1. The summed E-state index contributed by atoms with van der Waals surface area (Å²) in [5, 5.41) is 1.78. The van der Waals surface area contributed by atoms with E-state index < -0.39 is 0 Å². The molecule has 0 fully saturated rings. The minimum Gasteiger partial charge on any atom is -0.376 e. The molecule has 1 N–H and O–H groups in total. The Morgan fingerprint density at radius 2 is 1.50 bits per heavy atom. The van der Waals surface area contributed by atoms with Crippen molar-refractivity contribution < 1.29 is 0 Å². The first-order valence-corrected chi connectivity index (χ1v) is 12.8. The molecule has 4 nitrogen and oxygen atoms in total. The van der Waals surface area contributed by atoms with Crippen LogP contribution in [0.2, 0.25) is 5.02 Å². The Morgan fingerprint density at radius 3 is 2.14 bits per heavy atom. The average Bonchev–Trinajstić information content (AvgIpc) is 2.79. The molecule has 36 heavy (non-hydrogen) atoms. The fourth-order valence-corrected chi connectivity index (χ4v) is 4.91. The lowest BCUT2D eigenvalue weighted by molar-refractivity contribution is 0.247. The lowest BCUT2D eigenvalue weighted by Gasteiger charge is -2.24. The van der Waals surface area contributed by atoms with Crippen LogP contribution in [0.15, 0.2) is 71.5 Å². The van der Waals surface area contributed by atoms with Crippen molar-refractivity contribution in [1.29, 1.82) is 0 Å². The zero-order valence-corrected chi connectivity index (χ0v) is 22.9. The quantitative estimate of drug-likeness (QED) is 0.294. The predicted molar refractivity (Wildman–Crippen MR) is 153 cm³/mol. The fourth-order valence-electron chi connectivity index (χ4n) is 4.54. The molecule has 5 heteroatoms. The van der Waals surface area contributed by atoms with Crippen LogP contribution >= 0.6 is 11.6 Å². The number of aryl methyl sites for hydroxylation is 1. The van der Waals surface area contributed by atoms with E-state index in [1.165, 1.54) is 16.7 Å². The van der Waals surface area contributed by atoms with E-state index in [2.05, 4.69) is 80.0 Å². The third-order valence-corrected chi connectivity index (χ3v) is 6.90. The van der Waals surface area contributed by atoms with Crippen LogP contribution in [0.4, 0.5) is 5.69 Å². The number of H-pyrrole nitrogens is 1. The Labute approximate surface area is 219 Å². The zero-order chi connectivity index (χ0) is 26.0. The second-order valence-corrected chi connectivity index (χ2v) is 11.4. The van der Waals surface area contributed by atoms with Crippen LogP contribution in [0, 0.1) is 6.92 Å². The molecule has 0 saturated heterocycles. The third kappa shape index (κ3) is 6.18. The predicted octanol–water partition coefficient (Wildman–Crippen LogP) is 7.06. The lowest BCUT2D eigenvalue weighted by atomic mass is 9.87. The highest BCUT2D eigenvalue weighted by atomic mass is 35.5. The van der Waals surface area contributed by atoms with Gasteiger partial charge in [0.1, 0.15) is 0 Å². The number of aromatic amines is 1. The summed E-state index contributed by atoms with van der Waals surface area (Å²) in [5.74, 6) is 0. The van der Waals surface area contributed by atoms with Crippen LogP contribution in [-0.2, 0) is 25.0 Å². The molecular weight excluding hydrogens is 466 g/mol. The lowest BCUT2D eigenvalue weighted by Crippen LogP contribution is -2.26. The number of nitrogens with zero attached hydrogens (tertiary/aromatic N) is 2. The van der Waals surface area contributed by atoms with Crippen molar-refractivity contribution in [2.24, 2.45) is 0 Å². The number of rotatable bonds is 7. The molecule has 0 saturated carbocycles. The SMILES string of the molecule is Cc1ccc2[nH]c(=O)c(CN(Cc3ccc(C(C)(C)C)cc3)Cc3ccc(N(C)C)c(Cl)c3)cc2c1. The molecule has 1 aromatic heterocycles. The van der Waals surface area contributed by atoms with Gasteiger partial charge in [0, 0.05) is 44.8 Å². The average molecular weight is 502 g/mol. The maximum atomic E-state index is 13.0. The molecule has 188 valence electrons. The monoisotopic (exact) mass is 501 g/mol. The van der Waals surface area contributed by atoms with Crippen molar-refractivity contribution in [3.63, 3.8) is 0 Å². The number of nitrogens with one attached hydrogen (secondary N) is 1. The van der Waals surface area contributed by atoms with Crippen molar-refractivity contribution in [3.05, 3.63) is 110 Å². The van der Waals surface area contributed by atoms with E-state index in [0.29, 0.717) is 13.1 Å². The van der Waals surface area contributed by atoms with Crippen molar-refractivity contribution in [3.8, 4) is 0 Å². The number of hydrogen-bond donors (Lipinski definition) is 1. The molecular formula is C31H36ClN3O. The molecule has 0 atom stereocenters. The number of benzene rings is 3. The number of aromatic nitrogens is 1. The highest BCUT2D eigenvalue weighted by Crippen LogP contribution is 2.27. The zero-order valence-electron chi connectivity index (χ0n) is 22.2. The van der Waals surface area contributed by atoms with E-state index in [1.54, 1.807) is 0 Å². The number of pyridine rings is 1. The number of anilines is 1. The molecule has 0 aliphatic heterocycles. The molecule has 4 aromatic rings. The minimum atomic E-state index is -0.0413. The second-order valence-electron chi connectivity index (χ2n) is 11.0. The van der Waals surface area contributed by atoms with Gasteiger partial charge in [0.05, 0.1) is 10.7 Å². The standard InChI is InChI=1S/C31H36ClN3O/c1-21-7-13-28-24(15-21)17-25(30(36)33-28)20-35(18-22-8-11-26(12-9-22)31(2,3)4)19-23-10-14-29(34(5)6)27(32)16-23/h7-17H,18-20H2,1-6H3,(H,33,36). The van der Waals surface area contributed by atoms with Gasteiger partial charge >= 0.3 is 0 Å². The molecule has 0 aliphatic rings. The van der Waals surface area contributed by atoms with Crippen molar-refractivity contribution in [1.82, 2.24) is 9.88 Å². The molecule has 0 aliphatic carbocycles. The maximum Gasteiger partial charge on any atom is 0.252 e. The van der Waals surface area contributed by atoms with Crippen LogP contribution in [0.3, 0.4) is 0 Å². The Balaban J connectivity index is 1.66.